The molecule has 2 aliphatic heterocycles. The van der Waals surface area contributed by atoms with Crippen molar-refractivity contribution in [1.82, 2.24) is 9.80 Å². The van der Waals surface area contributed by atoms with E-state index in [0.29, 0.717) is 5.92 Å². The van der Waals surface area contributed by atoms with Crippen molar-refractivity contribution in [2.45, 2.75) is 24.8 Å². The molecule has 0 spiro atoms. The maximum Gasteiger partial charge on any atom is 0.0502 e. The fourth-order valence-electron chi connectivity index (χ4n) is 3.48. The highest BCUT2D eigenvalue weighted by atomic mass is 16.5. The number of nitrogens with zero attached hydrogens (tertiary/aromatic N) is 2. The number of piperidine rings is 1. The first kappa shape index (κ1) is 13.3. The Morgan fingerprint density at radius 3 is 2.82 bits per heavy atom. The van der Waals surface area contributed by atoms with Crippen LogP contribution in [-0.2, 0) is 4.74 Å². The summed E-state index contributed by atoms with van der Waals surface area (Å²) in [5.74, 6) is 0.697. The van der Waals surface area contributed by atoms with Crippen LogP contribution < -0.4 is 5.73 Å². The summed E-state index contributed by atoms with van der Waals surface area (Å²) in [6.45, 7) is 6.38. The summed E-state index contributed by atoms with van der Waals surface area (Å²) in [6, 6.07) is 0. The molecule has 2 aliphatic rings. The molecule has 2 saturated heterocycles. The topological polar surface area (TPSA) is 41.7 Å². The van der Waals surface area contributed by atoms with Gasteiger partial charge in [0.05, 0.1) is 6.61 Å². The first-order chi connectivity index (χ1) is 8.20. The van der Waals surface area contributed by atoms with Crippen LogP contribution in [0.3, 0.4) is 0 Å². The molecule has 100 valence electrons. The van der Waals surface area contributed by atoms with E-state index in [9.17, 15) is 0 Å². The summed E-state index contributed by atoms with van der Waals surface area (Å²) in [7, 11) is 4.01. The Morgan fingerprint density at radius 1 is 1.41 bits per heavy atom. The third-order valence-corrected chi connectivity index (χ3v) is 4.50. The second-order valence-electron chi connectivity index (χ2n) is 5.83. The minimum Gasteiger partial charge on any atom is -0.384 e. The van der Waals surface area contributed by atoms with Crippen molar-refractivity contribution in [3.8, 4) is 0 Å². The lowest BCUT2D eigenvalue weighted by atomic mass is 9.89. The summed E-state index contributed by atoms with van der Waals surface area (Å²) >= 11 is 0. The Kier molecular flexibility index (Phi) is 4.42. The van der Waals surface area contributed by atoms with Crippen LogP contribution in [0.25, 0.3) is 0 Å². The fourth-order valence-corrected chi connectivity index (χ4v) is 3.48. The van der Waals surface area contributed by atoms with Crippen molar-refractivity contribution in [3.63, 3.8) is 0 Å². The molecule has 4 heteroatoms. The molecule has 0 aromatic heterocycles. The van der Waals surface area contributed by atoms with Crippen molar-refractivity contribution in [3.05, 3.63) is 0 Å². The third kappa shape index (κ3) is 2.81. The van der Waals surface area contributed by atoms with Crippen LogP contribution in [0.5, 0.6) is 0 Å². The number of likely N-dealkylation sites (N-methyl/N-ethyl adjacent to an activating group) is 1. The van der Waals surface area contributed by atoms with Crippen molar-refractivity contribution in [2.75, 3.05) is 53.5 Å². The van der Waals surface area contributed by atoms with Gasteiger partial charge in [0, 0.05) is 32.3 Å². The van der Waals surface area contributed by atoms with Gasteiger partial charge < -0.3 is 15.4 Å². The Labute approximate surface area is 105 Å². The van der Waals surface area contributed by atoms with Gasteiger partial charge in [-0.2, -0.15) is 0 Å². The monoisotopic (exact) mass is 241 g/mol. The van der Waals surface area contributed by atoms with Gasteiger partial charge >= 0.3 is 0 Å². The van der Waals surface area contributed by atoms with E-state index in [2.05, 4.69) is 16.8 Å². The van der Waals surface area contributed by atoms with Gasteiger partial charge in [-0.15, -0.1) is 0 Å². The second kappa shape index (κ2) is 5.65. The minimum atomic E-state index is 0.237. The van der Waals surface area contributed by atoms with E-state index in [1.165, 1.54) is 38.9 Å². The zero-order valence-electron chi connectivity index (χ0n) is 11.3. The zero-order valence-corrected chi connectivity index (χ0v) is 11.3. The van der Waals surface area contributed by atoms with Gasteiger partial charge in [0.1, 0.15) is 0 Å². The summed E-state index contributed by atoms with van der Waals surface area (Å²) in [6.07, 6.45) is 3.82. The SMILES string of the molecule is COCC1CCCN(C2(CN)CCN(C)C2)C1. The first-order valence-electron chi connectivity index (χ1n) is 6.83. The number of likely N-dealkylation sites (tertiary alicyclic amines) is 2. The van der Waals surface area contributed by atoms with Gasteiger partial charge in [-0.3, -0.25) is 4.90 Å². The van der Waals surface area contributed by atoms with Crippen LogP contribution in [0.1, 0.15) is 19.3 Å². The zero-order chi connectivity index (χ0) is 12.3. The molecule has 0 aliphatic carbocycles. The van der Waals surface area contributed by atoms with E-state index in [0.717, 1.165) is 19.7 Å². The number of hydrogen-bond donors (Lipinski definition) is 1. The minimum absolute atomic E-state index is 0.237. The number of rotatable bonds is 4. The molecule has 2 fully saturated rings. The van der Waals surface area contributed by atoms with E-state index in [4.69, 9.17) is 10.5 Å². The van der Waals surface area contributed by atoms with Crippen LogP contribution in [0, 0.1) is 5.92 Å². The highest BCUT2D eigenvalue weighted by Crippen LogP contribution is 2.30. The highest BCUT2D eigenvalue weighted by molar-refractivity contribution is 5.00. The molecule has 0 saturated carbocycles. The number of methoxy groups -OCH3 is 1. The van der Waals surface area contributed by atoms with E-state index < -0.39 is 0 Å². The van der Waals surface area contributed by atoms with E-state index in [-0.39, 0.29) is 5.54 Å². The first-order valence-corrected chi connectivity index (χ1v) is 6.83. The van der Waals surface area contributed by atoms with Crippen LogP contribution in [-0.4, -0.2) is 68.8 Å². The van der Waals surface area contributed by atoms with Crippen LogP contribution in [0.4, 0.5) is 0 Å². The van der Waals surface area contributed by atoms with Gasteiger partial charge in [0.15, 0.2) is 0 Å². The van der Waals surface area contributed by atoms with Crippen molar-refractivity contribution in [1.29, 1.82) is 0 Å². The largest absolute Gasteiger partial charge is 0.384 e. The molecule has 0 radical (unpaired) electrons. The Hall–Kier alpha value is -0.160. The van der Waals surface area contributed by atoms with E-state index >= 15 is 0 Å². The molecule has 2 atom stereocenters. The highest BCUT2D eigenvalue weighted by Gasteiger charge is 2.42. The Balaban J connectivity index is 1.99. The van der Waals surface area contributed by atoms with Gasteiger partial charge in [0.2, 0.25) is 0 Å². The average Bonchev–Trinajstić information content (AvgIpc) is 2.73. The molecular weight excluding hydrogens is 214 g/mol. The van der Waals surface area contributed by atoms with Crippen LogP contribution in [0.15, 0.2) is 0 Å². The Bertz CT molecular complexity index is 247. The van der Waals surface area contributed by atoms with Crippen LogP contribution in [0.2, 0.25) is 0 Å². The third-order valence-electron chi connectivity index (χ3n) is 4.50. The molecular formula is C13H27N3O. The molecule has 2 unspecified atom stereocenters. The summed E-state index contributed by atoms with van der Waals surface area (Å²) in [5, 5.41) is 0. The molecule has 4 nitrogen and oxygen atoms in total. The molecule has 0 aromatic carbocycles. The lowest BCUT2D eigenvalue weighted by molar-refractivity contribution is 0.0273. The summed E-state index contributed by atoms with van der Waals surface area (Å²) < 4.78 is 5.31. The maximum absolute atomic E-state index is 6.08. The van der Waals surface area contributed by atoms with Crippen molar-refractivity contribution in [2.24, 2.45) is 11.7 Å². The predicted molar refractivity (Wildman–Crippen MR) is 70.1 cm³/mol. The van der Waals surface area contributed by atoms with Crippen molar-refractivity contribution >= 4 is 0 Å². The second-order valence-corrected chi connectivity index (χ2v) is 5.83. The number of hydrogen-bond acceptors (Lipinski definition) is 4. The average molecular weight is 241 g/mol. The predicted octanol–water partition coefficient (Wildman–Crippen LogP) is 0.378. The van der Waals surface area contributed by atoms with Gasteiger partial charge in [0.25, 0.3) is 0 Å². The van der Waals surface area contributed by atoms with Crippen molar-refractivity contribution < 1.29 is 4.74 Å². The molecule has 0 amide bonds. The number of nitrogens with two attached hydrogens (primary N) is 1. The molecule has 2 rings (SSSR count). The number of ether oxygens (including phenoxy) is 1. The molecule has 0 aromatic rings. The Morgan fingerprint density at radius 2 is 2.24 bits per heavy atom. The molecule has 0 bridgehead atoms. The summed E-state index contributed by atoms with van der Waals surface area (Å²) in [5.41, 5.74) is 6.32. The van der Waals surface area contributed by atoms with Gasteiger partial charge in [-0.25, -0.2) is 0 Å². The lowest BCUT2D eigenvalue weighted by Gasteiger charge is -2.45. The van der Waals surface area contributed by atoms with E-state index in [1.807, 2.05) is 0 Å². The lowest BCUT2D eigenvalue weighted by Crippen LogP contribution is -2.58. The maximum atomic E-state index is 6.08. The smallest absolute Gasteiger partial charge is 0.0502 e. The van der Waals surface area contributed by atoms with Gasteiger partial charge in [-0.1, -0.05) is 0 Å². The molecule has 2 heterocycles. The fraction of sp³-hybridized carbons (Fsp3) is 1.00. The normalized spacial score (nSPS) is 36.5. The van der Waals surface area contributed by atoms with Crippen LogP contribution >= 0.6 is 0 Å². The van der Waals surface area contributed by atoms with E-state index in [1.54, 1.807) is 7.11 Å². The van der Waals surface area contributed by atoms with Gasteiger partial charge in [-0.05, 0) is 45.3 Å². The summed E-state index contributed by atoms with van der Waals surface area (Å²) in [4.78, 5) is 5.05. The standard InChI is InChI=1S/C13H27N3O/c1-15-7-5-13(10-14,11-15)16-6-3-4-12(8-16)9-17-2/h12H,3-11,14H2,1-2H3. The quantitative estimate of drug-likeness (QED) is 0.772. The molecule has 17 heavy (non-hydrogen) atoms. The molecule has 2 N–H and O–H groups in total.